The van der Waals surface area contributed by atoms with Crippen molar-refractivity contribution in [3.05, 3.63) is 42.1 Å². The second kappa shape index (κ2) is 4.82. The van der Waals surface area contributed by atoms with E-state index in [2.05, 4.69) is 12.0 Å². The van der Waals surface area contributed by atoms with Crippen LogP contribution in [0, 0.1) is 0 Å². The molecule has 0 saturated carbocycles. The molecule has 88 valence electrons. The average Bonchev–Trinajstić information content (AvgIpc) is 2.74. The Morgan fingerprint density at radius 1 is 1.35 bits per heavy atom. The van der Waals surface area contributed by atoms with E-state index >= 15 is 0 Å². The summed E-state index contributed by atoms with van der Waals surface area (Å²) in [4.78, 5) is 11.1. The van der Waals surface area contributed by atoms with Gasteiger partial charge in [0.25, 0.3) is 0 Å². The Labute approximate surface area is 99.5 Å². The van der Waals surface area contributed by atoms with E-state index in [-0.39, 0.29) is 0 Å². The summed E-state index contributed by atoms with van der Waals surface area (Å²) >= 11 is 0. The zero-order chi connectivity index (χ0) is 12.3. The molecular weight excluding hydrogens is 216 g/mol. The van der Waals surface area contributed by atoms with E-state index in [4.69, 9.17) is 5.11 Å². The van der Waals surface area contributed by atoms with Crippen LogP contribution in [0.5, 0.6) is 0 Å². The fourth-order valence-corrected chi connectivity index (χ4v) is 1.88. The molecule has 0 atom stereocenters. The topological polar surface area (TPSA) is 55.1 Å². The highest BCUT2D eigenvalue weighted by Gasteiger charge is 2.16. The van der Waals surface area contributed by atoms with Gasteiger partial charge in [0.05, 0.1) is 11.9 Å². The van der Waals surface area contributed by atoms with E-state index < -0.39 is 6.09 Å². The highest BCUT2D eigenvalue weighted by molar-refractivity contribution is 5.77. The Bertz CT molecular complexity index is 517. The lowest BCUT2D eigenvalue weighted by atomic mass is 10.0. The molecule has 0 saturated heterocycles. The summed E-state index contributed by atoms with van der Waals surface area (Å²) in [6.45, 7) is 2.06. The van der Waals surface area contributed by atoms with Crippen molar-refractivity contribution in [3.63, 3.8) is 0 Å². The van der Waals surface area contributed by atoms with Crippen LogP contribution in [0.25, 0.3) is 11.3 Å². The predicted molar refractivity (Wildman–Crippen MR) is 65.1 cm³/mol. The Balaban J connectivity index is 2.56. The van der Waals surface area contributed by atoms with Gasteiger partial charge in [-0.1, -0.05) is 43.7 Å². The second-order valence-corrected chi connectivity index (χ2v) is 3.83. The third kappa shape index (κ3) is 2.20. The molecule has 1 heterocycles. The maximum Gasteiger partial charge on any atom is 0.432 e. The number of aryl methyl sites for hydroxylation is 1. The Morgan fingerprint density at radius 2 is 2.06 bits per heavy atom. The number of benzene rings is 1. The van der Waals surface area contributed by atoms with Crippen molar-refractivity contribution < 1.29 is 9.90 Å². The molecule has 1 N–H and O–H groups in total. The first-order valence-electron chi connectivity index (χ1n) is 5.59. The Morgan fingerprint density at radius 3 is 2.65 bits per heavy atom. The normalized spacial score (nSPS) is 10.4. The molecule has 0 aliphatic carbocycles. The van der Waals surface area contributed by atoms with Gasteiger partial charge in [-0.2, -0.15) is 9.78 Å². The average molecular weight is 230 g/mol. The molecule has 4 heteroatoms. The highest BCUT2D eigenvalue weighted by Crippen LogP contribution is 2.24. The molecule has 0 spiro atoms. The molecule has 0 bridgehead atoms. The van der Waals surface area contributed by atoms with Gasteiger partial charge in [0.15, 0.2) is 0 Å². The van der Waals surface area contributed by atoms with Gasteiger partial charge in [0.2, 0.25) is 0 Å². The molecule has 2 aromatic rings. The van der Waals surface area contributed by atoms with Gasteiger partial charge in [-0.3, -0.25) is 0 Å². The molecule has 1 aromatic heterocycles. The molecule has 0 fully saturated rings. The lowest BCUT2D eigenvalue weighted by molar-refractivity contribution is 0.193. The van der Waals surface area contributed by atoms with Crippen LogP contribution in [0.4, 0.5) is 4.79 Å². The molecule has 0 radical (unpaired) electrons. The number of carboxylic acid groups (broad SMARTS) is 1. The fraction of sp³-hybridized carbons (Fsp3) is 0.231. The largest absolute Gasteiger partial charge is 0.463 e. The summed E-state index contributed by atoms with van der Waals surface area (Å²) in [5, 5.41) is 13.0. The Kier molecular flexibility index (Phi) is 3.23. The van der Waals surface area contributed by atoms with Crippen molar-refractivity contribution in [2.45, 2.75) is 19.8 Å². The SMILES string of the molecule is CCCc1cnn(C(=O)O)c1-c1ccccc1. The van der Waals surface area contributed by atoms with Gasteiger partial charge in [0.1, 0.15) is 0 Å². The van der Waals surface area contributed by atoms with E-state index in [1.807, 2.05) is 30.3 Å². The summed E-state index contributed by atoms with van der Waals surface area (Å²) in [6, 6.07) is 9.49. The van der Waals surface area contributed by atoms with Crippen LogP contribution >= 0.6 is 0 Å². The van der Waals surface area contributed by atoms with Crippen LogP contribution in [0.2, 0.25) is 0 Å². The lowest BCUT2D eigenvalue weighted by Crippen LogP contribution is -2.11. The van der Waals surface area contributed by atoms with Gasteiger partial charge in [-0.15, -0.1) is 0 Å². The molecular formula is C13H14N2O2. The third-order valence-electron chi connectivity index (χ3n) is 2.59. The number of carbonyl (C=O) groups is 1. The monoisotopic (exact) mass is 230 g/mol. The highest BCUT2D eigenvalue weighted by atomic mass is 16.4. The number of aromatic nitrogens is 2. The minimum atomic E-state index is -1.05. The first kappa shape index (κ1) is 11.4. The first-order chi connectivity index (χ1) is 8.24. The van der Waals surface area contributed by atoms with Crippen molar-refractivity contribution in [1.82, 2.24) is 9.78 Å². The minimum absolute atomic E-state index is 0.681. The zero-order valence-electron chi connectivity index (χ0n) is 9.63. The van der Waals surface area contributed by atoms with Crippen molar-refractivity contribution in [1.29, 1.82) is 0 Å². The molecule has 0 unspecified atom stereocenters. The van der Waals surface area contributed by atoms with Gasteiger partial charge in [-0.25, -0.2) is 4.79 Å². The van der Waals surface area contributed by atoms with E-state index in [1.165, 1.54) is 0 Å². The van der Waals surface area contributed by atoms with Gasteiger partial charge in [0, 0.05) is 5.56 Å². The van der Waals surface area contributed by atoms with Crippen LogP contribution in [0.15, 0.2) is 36.5 Å². The summed E-state index contributed by atoms with van der Waals surface area (Å²) in [7, 11) is 0. The van der Waals surface area contributed by atoms with Crippen molar-refractivity contribution in [3.8, 4) is 11.3 Å². The van der Waals surface area contributed by atoms with Crippen molar-refractivity contribution >= 4 is 6.09 Å². The summed E-state index contributed by atoms with van der Waals surface area (Å²) in [6.07, 6.45) is 2.38. The Hall–Kier alpha value is -2.10. The van der Waals surface area contributed by atoms with Crippen molar-refractivity contribution in [2.24, 2.45) is 0 Å². The minimum Gasteiger partial charge on any atom is -0.463 e. The summed E-state index contributed by atoms with van der Waals surface area (Å²) < 4.78 is 1.04. The van der Waals surface area contributed by atoms with Crippen LogP contribution in [-0.2, 0) is 6.42 Å². The van der Waals surface area contributed by atoms with Gasteiger partial charge >= 0.3 is 6.09 Å². The van der Waals surface area contributed by atoms with Crippen LogP contribution in [0.1, 0.15) is 18.9 Å². The molecule has 2 rings (SSSR count). The van der Waals surface area contributed by atoms with E-state index in [9.17, 15) is 4.79 Å². The number of rotatable bonds is 3. The van der Waals surface area contributed by atoms with Crippen molar-refractivity contribution in [2.75, 3.05) is 0 Å². The van der Waals surface area contributed by atoms with Crippen LogP contribution in [0.3, 0.4) is 0 Å². The molecule has 0 amide bonds. The number of hydrogen-bond acceptors (Lipinski definition) is 2. The number of nitrogens with zero attached hydrogens (tertiary/aromatic N) is 2. The summed E-state index contributed by atoms with van der Waals surface area (Å²) in [5.41, 5.74) is 2.54. The predicted octanol–water partition coefficient (Wildman–Crippen LogP) is 3.03. The van der Waals surface area contributed by atoms with Gasteiger partial charge < -0.3 is 5.11 Å². The standard InChI is InChI=1S/C13H14N2O2/c1-2-6-11-9-14-15(13(16)17)12(11)10-7-4-3-5-8-10/h3-5,7-9H,2,6H2,1H3,(H,16,17). The maximum atomic E-state index is 11.1. The first-order valence-corrected chi connectivity index (χ1v) is 5.59. The zero-order valence-corrected chi connectivity index (χ0v) is 9.63. The van der Waals surface area contributed by atoms with E-state index in [1.54, 1.807) is 6.20 Å². The smallest absolute Gasteiger partial charge is 0.432 e. The maximum absolute atomic E-state index is 11.1. The van der Waals surface area contributed by atoms with Gasteiger partial charge in [-0.05, 0) is 12.0 Å². The van der Waals surface area contributed by atoms with E-state index in [0.29, 0.717) is 5.69 Å². The molecule has 1 aromatic carbocycles. The van der Waals surface area contributed by atoms with E-state index in [0.717, 1.165) is 28.7 Å². The molecule has 0 aliphatic heterocycles. The molecule has 0 aliphatic rings. The fourth-order valence-electron chi connectivity index (χ4n) is 1.88. The summed E-state index contributed by atoms with van der Waals surface area (Å²) in [5.74, 6) is 0. The molecule has 4 nitrogen and oxygen atoms in total. The number of hydrogen-bond donors (Lipinski definition) is 1. The van der Waals surface area contributed by atoms with Crippen LogP contribution < -0.4 is 0 Å². The quantitative estimate of drug-likeness (QED) is 0.881. The second-order valence-electron chi connectivity index (χ2n) is 3.83. The van der Waals surface area contributed by atoms with Crippen LogP contribution in [-0.4, -0.2) is 21.0 Å². The lowest BCUT2D eigenvalue weighted by Gasteiger charge is -2.05. The molecule has 17 heavy (non-hydrogen) atoms. The third-order valence-corrected chi connectivity index (χ3v) is 2.59.